The van der Waals surface area contributed by atoms with E-state index in [0.29, 0.717) is 17.4 Å². The first-order valence-electron chi connectivity index (χ1n) is 34.5. The smallest absolute Gasteiger partial charge is 0.268 e. The van der Waals surface area contributed by atoms with Crippen molar-refractivity contribution in [2.75, 3.05) is 40.9 Å². The molecule has 466 valence electrons. The van der Waals surface area contributed by atoms with Crippen molar-refractivity contribution in [2.45, 2.75) is 353 Å². The number of aliphatic hydroxyl groups is 1. The molecule has 0 aromatic rings. The lowest BCUT2D eigenvalue weighted by molar-refractivity contribution is -0.870. The highest BCUT2D eigenvalue weighted by Crippen LogP contribution is 2.38. The zero-order chi connectivity index (χ0) is 57.7. The lowest BCUT2D eigenvalue weighted by Gasteiger charge is -2.29. The van der Waals surface area contributed by atoms with Gasteiger partial charge < -0.3 is 28.8 Å². The standard InChI is InChI=1S/C70H135N2O6P/c1-6-8-10-12-14-16-18-20-22-24-26-28-29-30-31-32-33-34-35-36-37-38-39-40-41-42-43-44-46-48-50-52-54-56-58-60-62-64-70(74)71-68(67-78-79(75,76)77-66-65-72(3,4)5)69(73)63-61-59-57-55-53-51-49-47-45-27-25-23-21-19-17-15-13-11-9-7-2/h18,20,24,26,53,55,61,63,68-69,73H,6-17,19,21-23,25,27-52,54,56-60,62,64-67H2,1-5H3,(H-,71,74,75,76)/b20-18-,26-24-,55-53+,63-61+. The van der Waals surface area contributed by atoms with Crippen molar-refractivity contribution in [1.29, 1.82) is 0 Å². The van der Waals surface area contributed by atoms with Gasteiger partial charge in [-0.15, -0.1) is 0 Å². The molecular formula is C70H135N2O6P. The Hall–Kier alpha value is -1.54. The van der Waals surface area contributed by atoms with Gasteiger partial charge in [0.2, 0.25) is 5.91 Å². The monoisotopic (exact) mass is 1130 g/mol. The van der Waals surface area contributed by atoms with Crippen LogP contribution in [0.4, 0.5) is 0 Å². The molecular weight excluding hydrogens is 996 g/mol. The van der Waals surface area contributed by atoms with Crippen molar-refractivity contribution >= 4 is 13.7 Å². The van der Waals surface area contributed by atoms with Crippen molar-refractivity contribution in [3.63, 3.8) is 0 Å². The Kier molecular flexibility index (Phi) is 59.8. The van der Waals surface area contributed by atoms with Crippen molar-refractivity contribution in [3.8, 4) is 0 Å². The molecule has 8 nitrogen and oxygen atoms in total. The second-order valence-corrected chi connectivity index (χ2v) is 26.3. The molecule has 0 aliphatic carbocycles. The van der Waals surface area contributed by atoms with Gasteiger partial charge in [0.1, 0.15) is 13.2 Å². The van der Waals surface area contributed by atoms with E-state index in [1.165, 1.54) is 276 Å². The molecule has 1 amide bonds. The number of carbonyl (C=O) groups excluding carboxylic acids is 1. The van der Waals surface area contributed by atoms with Crippen LogP contribution in [0.15, 0.2) is 48.6 Å². The first-order valence-corrected chi connectivity index (χ1v) is 36.0. The highest BCUT2D eigenvalue weighted by atomic mass is 31.2. The third-order valence-electron chi connectivity index (χ3n) is 15.8. The number of allylic oxidation sites excluding steroid dienone is 7. The molecule has 0 radical (unpaired) electrons. The Morgan fingerprint density at radius 3 is 1.10 bits per heavy atom. The van der Waals surface area contributed by atoms with Gasteiger partial charge in [0, 0.05) is 6.42 Å². The molecule has 0 rings (SSSR count). The SMILES string of the molecule is CCCCCCC/C=C\C/C=C\CCCCCCCCCCCCCCCCCCCCCCCCCCCC(=O)NC(COP(=O)([O-])OCC[N+](C)(C)C)C(O)/C=C/CC/C=C/CCCCCCCCCCCCCCCC. The maximum atomic E-state index is 13.0. The van der Waals surface area contributed by atoms with Gasteiger partial charge in [-0.1, -0.05) is 319 Å². The van der Waals surface area contributed by atoms with Crippen molar-refractivity contribution in [3.05, 3.63) is 48.6 Å². The summed E-state index contributed by atoms with van der Waals surface area (Å²) >= 11 is 0. The summed E-state index contributed by atoms with van der Waals surface area (Å²) in [5, 5.41) is 13.9. The first-order chi connectivity index (χ1) is 38.5. The Bertz CT molecular complexity index is 1430. The Morgan fingerprint density at radius 2 is 0.747 bits per heavy atom. The molecule has 79 heavy (non-hydrogen) atoms. The van der Waals surface area contributed by atoms with E-state index in [2.05, 4.69) is 55.6 Å². The maximum Gasteiger partial charge on any atom is 0.268 e. The summed E-state index contributed by atoms with van der Waals surface area (Å²) in [6.45, 7) is 4.66. The zero-order valence-electron chi connectivity index (χ0n) is 53.3. The predicted molar refractivity (Wildman–Crippen MR) is 344 cm³/mol. The second-order valence-electron chi connectivity index (χ2n) is 24.9. The van der Waals surface area contributed by atoms with E-state index >= 15 is 0 Å². The van der Waals surface area contributed by atoms with Gasteiger partial charge in [0.05, 0.1) is 39.9 Å². The van der Waals surface area contributed by atoms with Gasteiger partial charge in [-0.25, -0.2) is 0 Å². The fourth-order valence-corrected chi connectivity index (χ4v) is 11.1. The van der Waals surface area contributed by atoms with Crippen LogP contribution in [0.1, 0.15) is 341 Å². The van der Waals surface area contributed by atoms with Gasteiger partial charge in [-0.2, -0.15) is 0 Å². The van der Waals surface area contributed by atoms with E-state index in [0.717, 1.165) is 44.9 Å². The summed E-state index contributed by atoms with van der Waals surface area (Å²) < 4.78 is 23.4. The third-order valence-corrected chi connectivity index (χ3v) is 16.7. The predicted octanol–water partition coefficient (Wildman–Crippen LogP) is 21.2. The van der Waals surface area contributed by atoms with Crippen LogP contribution in [0, 0.1) is 0 Å². The molecule has 0 saturated heterocycles. The van der Waals surface area contributed by atoms with Crippen LogP contribution >= 0.6 is 7.82 Å². The zero-order valence-corrected chi connectivity index (χ0v) is 54.2. The Labute approximate surface area is 492 Å². The Balaban J connectivity index is 3.99. The summed E-state index contributed by atoms with van der Waals surface area (Å²) in [5.41, 5.74) is 0. The van der Waals surface area contributed by atoms with E-state index in [4.69, 9.17) is 9.05 Å². The number of rotatable bonds is 64. The average molecular weight is 1130 g/mol. The number of nitrogens with zero attached hydrogens (tertiary/aromatic N) is 1. The fourth-order valence-electron chi connectivity index (χ4n) is 10.4. The summed E-state index contributed by atoms with van der Waals surface area (Å²) in [6.07, 6.45) is 82.4. The fraction of sp³-hybridized carbons (Fsp3) is 0.871. The average Bonchev–Trinajstić information content (AvgIpc) is 3.42. The van der Waals surface area contributed by atoms with E-state index in [9.17, 15) is 19.4 Å². The molecule has 0 spiro atoms. The molecule has 0 heterocycles. The van der Waals surface area contributed by atoms with Crippen molar-refractivity contribution in [2.24, 2.45) is 0 Å². The van der Waals surface area contributed by atoms with Crippen LogP contribution in [0.2, 0.25) is 0 Å². The van der Waals surface area contributed by atoms with Gasteiger partial charge in [0.25, 0.3) is 7.82 Å². The summed E-state index contributed by atoms with van der Waals surface area (Å²) in [4.78, 5) is 25.6. The molecule has 0 aromatic heterocycles. The number of hydrogen-bond donors (Lipinski definition) is 2. The number of unbranched alkanes of at least 4 members (excludes halogenated alkanes) is 45. The minimum Gasteiger partial charge on any atom is -0.756 e. The van der Waals surface area contributed by atoms with Crippen LogP contribution in [0.5, 0.6) is 0 Å². The topological polar surface area (TPSA) is 108 Å². The van der Waals surface area contributed by atoms with Crippen LogP contribution in [0.25, 0.3) is 0 Å². The Morgan fingerprint density at radius 1 is 0.443 bits per heavy atom. The van der Waals surface area contributed by atoms with Crippen LogP contribution < -0.4 is 10.2 Å². The van der Waals surface area contributed by atoms with E-state index in [1.807, 2.05) is 27.2 Å². The number of amides is 1. The van der Waals surface area contributed by atoms with E-state index in [1.54, 1.807) is 6.08 Å². The molecule has 0 bridgehead atoms. The number of nitrogens with one attached hydrogen (secondary N) is 1. The molecule has 0 saturated carbocycles. The third kappa shape index (κ3) is 63.9. The van der Waals surface area contributed by atoms with Gasteiger partial charge in [-0.05, 0) is 64.2 Å². The van der Waals surface area contributed by atoms with Crippen molar-refractivity contribution in [1.82, 2.24) is 5.32 Å². The summed E-state index contributed by atoms with van der Waals surface area (Å²) in [5.74, 6) is -0.201. The quantitative estimate of drug-likeness (QED) is 0.0272. The summed E-state index contributed by atoms with van der Waals surface area (Å²) in [7, 11) is 1.26. The second kappa shape index (κ2) is 61.0. The van der Waals surface area contributed by atoms with Gasteiger partial charge >= 0.3 is 0 Å². The molecule has 0 aliphatic rings. The van der Waals surface area contributed by atoms with E-state index < -0.39 is 20.0 Å². The van der Waals surface area contributed by atoms with Gasteiger partial charge in [0.15, 0.2) is 0 Å². The lowest BCUT2D eigenvalue weighted by atomic mass is 10.0. The number of phosphoric ester groups is 1. The minimum absolute atomic E-state index is 0.00491. The summed E-state index contributed by atoms with van der Waals surface area (Å²) in [6, 6.07) is -0.903. The molecule has 0 aromatic carbocycles. The number of phosphoric acid groups is 1. The van der Waals surface area contributed by atoms with Gasteiger partial charge in [-0.3, -0.25) is 9.36 Å². The number of hydrogen-bond acceptors (Lipinski definition) is 6. The molecule has 0 aliphatic heterocycles. The molecule has 2 N–H and O–H groups in total. The number of quaternary nitrogens is 1. The number of carbonyl (C=O) groups is 1. The first kappa shape index (κ1) is 77.5. The largest absolute Gasteiger partial charge is 0.756 e. The number of likely N-dealkylation sites (N-methyl/N-ethyl adjacent to an activating group) is 1. The molecule has 3 atom stereocenters. The van der Waals surface area contributed by atoms with E-state index in [-0.39, 0.29) is 19.1 Å². The molecule has 9 heteroatoms. The minimum atomic E-state index is -4.61. The highest BCUT2D eigenvalue weighted by Gasteiger charge is 2.23. The van der Waals surface area contributed by atoms with Crippen LogP contribution in [0.3, 0.4) is 0 Å². The molecule has 3 unspecified atom stereocenters. The highest BCUT2D eigenvalue weighted by molar-refractivity contribution is 7.45. The number of aliphatic hydroxyl groups excluding tert-OH is 1. The normalized spacial score (nSPS) is 14.0. The van der Waals surface area contributed by atoms with Crippen molar-refractivity contribution < 1.29 is 32.9 Å². The van der Waals surface area contributed by atoms with Crippen LogP contribution in [-0.2, 0) is 18.4 Å². The molecule has 0 fully saturated rings. The maximum absolute atomic E-state index is 13.0. The van der Waals surface area contributed by atoms with Crippen LogP contribution in [-0.4, -0.2) is 68.5 Å². The lowest BCUT2D eigenvalue weighted by Crippen LogP contribution is -2.45.